The summed E-state index contributed by atoms with van der Waals surface area (Å²) in [4.78, 5) is 24.5. The van der Waals surface area contributed by atoms with Crippen molar-refractivity contribution >= 4 is 11.9 Å². The Hall–Kier alpha value is -1.78. The van der Waals surface area contributed by atoms with Crippen LogP contribution in [0.25, 0.3) is 0 Å². The molecule has 1 aromatic heterocycles. The molecule has 0 radical (unpaired) electrons. The number of nitrogens with zero attached hydrogens (tertiary/aromatic N) is 2. The van der Waals surface area contributed by atoms with Crippen LogP contribution in [0.3, 0.4) is 0 Å². The molecule has 1 rings (SSSR count). The van der Waals surface area contributed by atoms with E-state index in [0.29, 0.717) is 5.56 Å². The van der Waals surface area contributed by atoms with Crippen molar-refractivity contribution in [3.63, 3.8) is 0 Å². The molecule has 0 aromatic carbocycles. The van der Waals surface area contributed by atoms with Crippen molar-refractivity contribution in [1.82, 2.24) is 9.47 Å². The number of carbonyl (C=O) groups excluding carboxylic acids is 1. The maximum atomic E-state index is 11.9. The summed E-state index contributed by atoms with van der Waals surface area (Å²) in [6, 6.07) is 1.80. The molecule has 94 valence electrons. The first-order valence-electron chi connectivity index (χ1n) is 5.49. The van der Waals surface area contributed by atoms with Gasteiger partial charge in [-0.25, -0.2) is 4.79 Å². The van der Waals surface area contributed by atoms with Crippen LogP contribution in [0.15, 0.2) is 12.3 Å². The third kappa shape index (κ3) is 2.87. The van der Waals surface area contributed by atoms with Gasteiger partial charge in [-0.2, -0.15) is 0 Å². The largest absolute Gasteiger partial charge is 0.477 e. The van der Waals surface area contributed by atoms with Crippen LogP contribution in [0.5, 0.6) is 0 Å². The number of aromatic carboxylic acids is 1. The average molecular weight is 238 g/mol. The molecule has 0 aliphatic carbocycles. The van der Waals surface area contributed by atoms with E-state index in [0.717, 1.165) is 0 Å². The van der Waals surface area contributed by atoms with Crippen LogP contribution in [-0.2, 0) is 11.3 Å². The van der Waals surface area contributed by atoms with Gasteiger partial charge in [0.15, 0.2) is 0 Å². The Kier molecular flexibility index (Phi) is 3.93. The normalized spacial score (nSPS) is 10.6. The molecule has 17 heavy (non-hydrogen) atoms. The minimum Gasteiger partial charge on any atom is -0.477 e. The zero-order chi connectivity index (χ0) is 13.2. The average Bonchev–Trinajstić information content (AvgIpc) is 2.58. The van der Waals surface area contributed by atoms with E-state index in [1.165, 1.54) is 4.57 Å². The number of aromatic nitrogens is 1. The fraction of sp³-hybridized carbons (Fsp3) is 0.500. The summed E-state index contributed by atoms with van der Waals surface area (Å²) < 4.78 is 1.47. The van der Waals surface area contributed by atoms with E-state index in [1.54, 1.807) is 31.1 Å². The summed E-state index contributed by atoms with van der Waals surface area (Å²) in [5.41, 5.74) is 0.841. The maximum Gasteiger partial charge on any atom is 0.352 e. The molecule has 5 nitrogen and oxygen atoms in total. The van der Waals surface area contributed by atoms with Gasteiger partial charge in [-0.1, -0.05) is 0 Å². The van der Waals surface area contributed by atoms with Crippen LogP contribution in [-0.4, -0.2) is 39.5 Å². The van der Waals surface area contributed by atoms with E-state index < -0.39 is 5.97 Å². The van der Waals surface area contributed by atoms with E-state index in [9.17, 15) is 9.59 Å². The van der Waals surface area contributed by atoms with E-state index in [2.05, 4.69) is 0 Å². The lowest BCUT2D eigenvalue weighted by Gasteiger charge is -2.22. The quantitative estimate of drug-likeness (QED) is 0.861. The van der Waals surface area contributed by atoms with Crippen molar-refractivity contribution in [2.75, 3.05) is 7.05 Å². The molecule has 1 amide bonds. The second-order valence-corrected chi connectivity index (χ2v) is 4.38. The molecule has 1 aromatic rings. The van der Waals surface area contributed by atoms with E-state index in [4.69, 9.17) is 5.11 Å². The number of carboxylic acids is 1. The highest BCUT2D eigenvalue weighted by Crippen LogP contribution is 2.10. The van der Waals surface area contributed by atoms with Gasteiger partial charge in [0.25, 0.3) is 0 Å². The van der Waals surface area contributed by atoms with E-state index >= 15 is 0 Å². The Morgan fingerprint density at radius 1 is 1.47 bits per heavy atom. The number of hydrogen-bond acceptors (Lipinski definition) is 2. The second-order valence-electron chi connectivity index (χ2n) is 4.38. The Bertz CT molecular complexity index is 435. The predicted octanol–water partition coefficient (Wildman–Crippen LogP) is 1.36. The molecular weight excluding hydrogens is 220 g/mol. The molecule has 0 atom stereocenters. The molecule has 5 heteroatoms. The summed E-state index contributed by atoms with van der Waals surface area (Å²) in [6.07, 6.45) is 1.63. The van der Waals surface area contributed by atoms with Gasteiger partial charge in [0.05, 0.1) is 0 Å². The van der Waals surface area contributed by atoms with Crippen LogP contribution in [0.1, 0.15) is 29.9 Å². The molecule has 0 saturated heterocycles. The Morgan fingerprint density at radius 3 is 2.53 bits per heavy atom. The van der Waals surface area contributed by atoms with Gasteiger partial charge in [0.1, 0.15) is 12.2 Å². The summed E-state index contributed by atoms with van der Waals surface area (Å²) in [5.74, 6) is -1.11. The van der Waals surface area contributed by atoms with Crippen molar-refractivity contribution in [2.24, 2.45) is 0 Å². The maximum absolute atomic E-state index is 11.9. The molecule has 0 spiro atoms. The topological polar surface area (TPSA) is 62.5 Å². The van der Waals surface area contributed by atoms with Gasteiger partial charge in [-0.3, -0.25) is 4.79 Å². The Morgan fingerprint density at radius 2 is 2.06 bits per heavy atom. The first-order chi connectivity index (χ1) is 7.84. The highest BCUT2D eigenvalue weighted by atomic mass is 16.4. The zero-order valence-electron chi connectivity index (χ0n) is 10.6. The van der Waals surface area contributed by atoms with Crippen LogP contribution >= 0.6 is 0 Å². The van der Waals surface area contributed by atoms with E-state index in [1.807, 2.05) is 13.8 Å². The lowest BCUT2D eigenvalue weighted by Crippen LogP contribution is -2.35. The Labute approximate surface area is 101 Å². The number of carboxylic acid groups (broad SMARTS) is 1. The van der Waals surface area contributed by atoms with E-state index in [-0.39, 0.29) is 24.2 Å². The van der Waals surface area contributed by atoms with Gasteiger partial charge in [-0.15, -0.1) is 0 Å². The van der Waals surface area contributed by atoms with Crippen LogP contribution in [0, 0.1) is 6.92 Å². The molecular formula is C12H18N2O3. The number of amides is 1. The lowest BCUT2D eigenvalue weighted by atomic mass is 10.3. The van der Waals surface area contributed by atoms with Crippen molar-refractivity contribution in [3.05, 3.63) is 23.5 Å². The number of likely N-dealkylation sites (N-methyl/N-ethyl adjacent to an activating group) is 1. The van der Waals surface area contributed by atoms with Gasteiger partial charge < -0.3 is 14.6 Å². The number of carbonyl (C=O) groups is 2. The highest BCUT2D eigenvalue weighted by Gasteiger charge is 2.18. The fourth-order valence-electron chi connectivity index (χ4n) is 1.55. The monoisotopic (exact) mass is 238 g/mol. The molecule has 0 unspecified atom stereocenters. The Balaban J connectivity index is 2.89. The molecule has 0 bridgehead atoms. The summed E-state index contributed by atoms with van der Waals surface area (Å²) in [7, 11) is 1.71. The van der Waals surface area contributed by atoms with Crippen LogP contribution < -0.4 is 0 Å². The molecule has 0 aliphatic rings. The third-order valence-electron chi connectivity index (χ3n) is 2.84. The minimum absolute atomic E-state index is 0.0597. The molecule has 0 aliphatic heterocycles. The SMILES string of the molecule is Cc1ccn(CC(=O)N(C)C(C)C)c1C(=O)O. The first kappa shape index (κ1) is 13.3. The van der Waals surface area contributed by atoms with Crippen LogP contribution in [0.4, 0.5) is 0 Å². The summed E-state index contributed by atoms with van der Waals surface area (Å²) in [6.45, 7) is 5.61. The predicted molar refractivity (Wildman–Crippen MR) is 64.0 cm³/mol. The third-order valence-corrected chi connectivity index (χ3v) is 2.84. The second kappa shape index (κ2) is 5.03. The zero-order valence-corrected chi connectivity index (χ0v) is 10.6. The van der Waals surface area contributed by atoms with Crippen molar-refractivity contribution in [2.45, 2.75) is 33.4 Å². The van der Waals surface area contributed by atoms with Gasteiger partial charge in [-0.05, 0) is 32.4 Å². The van der Waals surface area contributed by atoms with Gasteiger partial charge in [0.2, 0.25) is 5.91 Å². The smallest absolute Gasteiger partial charge is 0.352 e. The summed E-state index contributed by atoms with van der Waals surface area (Å²) >= 11 is 0. The molecule has 0 saturated carbocycles. The number of rotatable bonds is 4. The summed E-state index contributed by atoms with van der Waals surface area (Å²) in [5, 5.41) is 9.05. The molecule has 1 heterocycles. The van der Waals surface area contributed by atoms with Gasteiger partial charge >= 0.3 is 5.97 Å². The lowest BCUT2D eigenvalue weighted by molar-refractivity contribution is -0.132. The first-order valence-corrected chi connectivity index (χ1v) is 5.49. The number of hydrogen-bond donors (Lipinski definition) is 1. The molecule has 0 fully saturated rings. The number of aryl methyl sites for hydroxylation is 1. The van der Waals surface area contributed by atoms with Gasteiger partial charge in [0, 0.05) is 19.3 Å². The standard InChI is InChI=1S/C12H18N2O3/c1-8(2)13(4)10(15)7-14-6-5-9(3)11(14)12(16)17/h5-6,8H,7H2,1-4H3,(H,16,17). The fourth-order valence-corrected chi connectivity index (χ4v) is 1.55. The molecule has 1 N–H and O–H groups in total. The highest BCUT2D eigenvalue weighted by molar-refractivity contribution is 5.88. The van der Waals surface area contributed by atoms with Crippen molar-refractivity contribution in [1.29, 1.82) is 0 Å². The van der Waals surface area contributed by atoms with Crippen molar-refractivity contribution < 1.29 is 14.7 Å². The van der Waals surface area contributed by atoms with Crippen LogP contribution in [0.2, 0.25) is 0 Å². The van der Waals surface area contributed by atoms with Crippen molar-refractivity contribution in [3.8, 4) is 0 Å². The minimum atomic E-state index is -1.01.